The van der Waals surface area contributed by atoms with E-state index in [1.165, 1.54) is 23.5 Å². The molecule has 0 spiro atoms. The van der Waals surface area contributed by atoms with Gasteiger partial charge in [0.15, 0.2) is 11.6 Å². The van der Waals surface area contributed by atoms with Crippen molar-refractivity contribution in [2.45, 2.75) is 45.2 Å². The molecule has 1 aliphatic carbocycles. The average Bonchev–Trinajstić information content (AvgIpc) is 3.76. The molecule has 4 aromatic rings. The van der Waals surface area contributed by atoms with E-state index in [4.69, 9.17) is 14.5 Å². The summed E-state index contributed by atoms with van der Waals surface area (Å²) < 4.78 is 26.7. The lowest BCUT2D eigenvalue weighted by molar-refractivity contribution is -0.145. The van der Waals surface area contributed by atoms with E-state index in [2.05, 4.69) is 20.5 Å². The molecule has 0 bridgehead atoms. The SMILES string of the molecule is CCC(=O)OCCC(=O)N1CCN(Cc2ccc(-c3cc4nccc(Oc5ccc(NC(=O)NC6CC6)cc5F)c4s3)nc2)CC1. The normalized spacial score (nSPS) is 15.0. The minimum atomic E-state index is -0.592. The molecular weight excluding hydrogens is 611 g/mol. The van der Waals surface area contributed by atoms with Crippen molar-refractivity contribution in [2.24, 2.45) is 0 Å². The van der Waals surface area contributed by atoms with Gasteiger partial charge in [0, 0.05) is 75.4 Å². The summed E-state index contributed by atoms with van der Waals surface area (Å²) in [6, 6.07) is 11.8. The molecule has 0 atom stereocenters. The van der Waals surface area contributed by atoms with Gasteiger partial charge in [-0.05, 0) is 42.7 Å². The fourth-order valence-corrected chi connectivity index (χ4v) is 6.11. The van der Waals surface area contributed by atoms with Crippen LogP contribution in [-0.2, 0) is 20.9 Å². The fraction of sp³-hybridized carbons (Fsp3) is 0.364. The van der Waals surface area contributed by atoms with Crippen LogP contribution in [0.1, 0.15) is 38.2 Å². The molecule has 1 aliphatic heterocycles. The van der Waals surface area contributed by atoms with Crippen molar-refractivity contribution >= 4 is 45.1 Å². The van der Waals surface area contributed by atoms with Gasteiger partial charge in [-0.25, -0.2) is 9.18 Å². The largest absolute Gasteiger partial charge is 0.465 e. The van der Waals surface area contributed by atoms with Crippen molar-refractivity contribution in [3.63, 3.8) is 0 Å². The molecule has 0 unspecified atom stereocenters. The molecule has 11 nitrogen and oxygen atoms in total. The van der Waals surface area contributed by atoms with Crippen LogP contribution in [-0.4, -0.2) is 76.5 Å². The highest BCUT2D eigenvalue weighted by molar-refractivity contribution is 7.22. The number of piperazine rings is 1. The summed E-state index contributed by atoms with van der Waals surface area (Å²) in [7, 11) is 0. The molecule has 3 amide bonds. The summed E-state index contributed by atoms with van der Waals surface area (Å²) in [5.74, 6) is -0.360. The molecule has 4 heterocycles. The highest BCUT2D eigenvalue weighted by atomic mass is 32.1. The van der Waals surface area contributed by atoms with Crippen molar-refractivity contribution in [3.8, 4) is 22.1 Å². The Morgan fingerprint density at radius 3 is 2.57 bits per heavy atom. The number of ether oxygens (including phenoxy) is 2. The third-order valence-electron chi connectivity index (χ3n) is 7.77. The Kier molecular flexibility index (Phi) is 9.69. The van der Waals surface area contributed by atoms with Gasteiger partial charge >= 0.3 is 12.0 Å². The Morgan fingerprint density at radius 2 is 1.85 bits per heavy atom. The number of nitrogens with zero attached hydrogens (tertiary/aromatic N) is 4. The number of hydrogen-bond acceptors (Lipinski definition) is 9. The van der Waals surface area contributed by atoms with Crippen LogP contribution in [0.2, 0.25) is 0 Å². The second kappa shape index (κ2) is 14.2. The molecule has 1 saturated heterocycles. The number of thiophene rings is 1. The van der Waals surface area contributed by atoms with Crippen molar-refractivity contribution in [2.75, 3.05) is 38.1 Å². The molecular formula is C33H35FN6O5S. The number of anilines is 1. The van der Waals surface area contributed by atoms with Crippen molar-refractivity contribution in [1.29, 1.82) is 0 Å². The number of rotatable bonds is 11. The monoisotopic (exact) mass is 646 g/mol. The third-order valence-corrected chi connectivity index (χ3v) is 8.94. The Bertz CT molecular complexity index is 1720. The minimum Gasteiger partial charge on any atom is -0.465 e. The summed E-state index contributed by atoms with van der Waals surface area (Å²) in [6.07, 6.45) is 5.93. The maximum Gasteiger partial charge on any atom is 0.319 e. The Labute approximate surface area is 269 Å². The molecule has 2 aliphatic rings. The van der Waals surface area contributed by atoms with Crippen LogP contribution in [0.3, 0.4) is 0 Å². The molecule has 13 heteroatoms. The number of amides is 3. The lowest BCUT2D eigenvalue weighted by atomic mass is 10.2. The number of carbonyl (C=O) groups is 3. The van der Waals surface area contributed by atoms with E-state index >= 15 is 0 Å². The number of pyridine rings is 2. The lowest BCUT2D eigenvalue weighted by Crippen LogP contribution is -2.48. The first-order valence-electron chi connectivity index (χ1n) is 15.4. The van der Waals surface area contributed by atoms with Crippen LogP contribution in [0, 0.1) is 5.82 Å². The van der Waals surface area contributed by atoms with Gasteiger partial charge in [0.2, 0.25) is 5.91 Å². The smallest absolute Gasteiger partial charge is 0.319 e. The summed E-state index contributed by atoms with van der Waals surface area (Å²) in [6.45, 7) is 5.35. The third kappa shape index (κ3) is 7.96. The first-order valence-corrected chi connectivity index (χ1v) is 16.2. The highest BCUT2D eigenvalue weighted by Crippen LogP contribution is 2.39. The second-order valence-corrected chi connectivity index (χ2v) is 12.3. The van der Waals surface area contributed by atoms with Crippen molar-refractivity contribution < 1.29 is 28.2 Å². The zero-order valence-electron chi connectivity index (χ0n) is 25.5. The number of esters is 1. The fourth-order valence-electron chi connectivity index (χ4n) is 5.07. The summed E-state index contributed by atoms with van der Waals surface area (Å²) >= 11 is 1.46. The topological polar surface area (TPSA) is 126 Å². The van der Waals surface area contributed by atoms with Gasteiger partial charge in [0.05, 0.1) is 27.2 Å². The summed E-state index contributed by atoms with van der Waals surface area (Å²) in [5.41, 5.74) is 2.92. The van der Waals surface area contributed by atoms with E-state index in [1.54, 1.807) is 25.3 Å². The van der Waals surface area contributed by atoms with Crippen LogP contribution in [0.4, 0.5) is 14.9 Å². The van der Waals surface area contributed by atoms with Crippen LogP contribution in [0.25, 0.3) is 20.8 Å². The maximum absolute atomic E-state index is 14.9. The van der Waals surface area contributed by atoms with Gasteiger partial charge in [-0.2, -0.15) is 0 Å². The van der Waals surface area contributed by atoms with E-state index in [0.717, 1.165) is 58.8 Å². The zero-order chi connectivity index (χ0) is 32.0. The van der Waals surface area contributed by atoms with E-state index in [0.29, 0.717) is 30.9 Å². The van der Waals surface area contributed by atoms with E-state index < -0.39 is 5.82 Å². The standard InChI is InChI=1S/C33H35FN6O5S/c1-2-31(42)44-16-10-30(41)40-14-12-39(13-15-40)20-21-3-7-25(36-19-21)29-18-26-32(46-29)28(9-11-35-26)45-27-8-6-23(17-24(27)34)38-33(43)37-22-4-5-22/h3,6-9,11,17-19,22H,2,4-5,10,12-16,20H2,1H3,(H2,37,38,43). The van der Waals surface area contributed by atoms with Gasteiger partial charge in [-0.1, -0.05) is 13.0 Å². The molecule has 240 valence electrons. The van der Waals surface area contributed by atoms with Crippen LogP contribution >= 0.6 is 11.3 Å². The van der Waals surface area contributed by atoms with Gasteiger partial charge in [0.25, 0.3) is 0 Å². The predicted molar refractivity (Wildman–Crippen MR) is 172 cm³/mol. The van der Waals surface area contributed by atoms with Crippen LogP contribution in [0.5, 0.6) is 11.5 Å². The van der Waals surface area contributed by atoms with E-state index in [9.17, 15) is 18.8 Å². The minimum absolute atomic E-state index is 0.00569. The van der Waals surface area contributed by atoms with Crippen LogP contribution < -0.4 is 15.4 Å². The Hall–Kier alpha value is -4.62. The molecule has 0 radical (unpaired) electrons. The van der Waals surface area contributed by atoms with Gasteiger partial charge in [0.1, 0.15) is 12.4 Å². The van der Waals surface area contributed by atoms with Crippen molar-refractivity contribution in [3.05, 3.63) is 66.2 Å². The lowest BCUT2D eigenvalue weighted by Gasteiger charge is -2.34. The summed E-state index contributed by atoms with van der Waals surface area (Å²) in [5, 5.41) is 5.46. The van der Waals surface area contributed by atoms with Gasteiger partial charge in [-0.15, -0.1) is 11.3 Å². The molecule has 1 saturated carbocycles. The first-order chi connectivity index (χ1) is 22.3. The highest BCUT2D eigenvalue weighted by Gasteiger charge is 2.24. The number of urea groups is 1. The molecule has 3 aromatic heterocycles. The molecule has 6 rings (SSSR count). The number of carbonyl (C=O) groups excluding carboxylic acids is 3. The van der Waals surface area contributed by atoms with E-state index in [1.807, 2.05) is 29.3 Å². The second-order valence-electron chi connectivity index (χ2n) is 11.3. The van der Waals surface area contributed by atoms with Crippen LogP contribution in [0.15, 0.2) is 54.9 Å². The average molecular weight is 647 g/mol. The van der Waals surface area contributed by atoms with Crippen molar-refractivity contribution in [1.82, 2.24) is 25.1 Å². The molecule has 2 N–H and O–H groups in total. The quantitative estimate of drug-likeness (QED) is 0.203. The molecule has 1 aromatic carbocycles. The number of hydrogen-bond donors (Lipinski definition) is 2. The Balaban J connectivity index is 1.04. The molecule has 2 fully saturated rings. The molecule has 46 heavy (non-hydrogen) atoms. The first kappa shape index (κ1) is 31.4. The number of fused-ring (bicyclic) bond motifs is 1. The number of aromatic nitrogens is 2. The number of halogens is 1. The summed E-state index contributed by atoms with van der Waals surface area (Å²) in [4.78, 5) is 49.9. The van der Waals surface area contributed by atoms with Gasteiger partial charge < -0.3 is 25.0 Å². The van der Waals surface area contributed by atoms with E-state index in [-0.39, 0.29) is 42.7 Å². The number of benzene rings is 1. The zero-order valence-corrected chi connectivity index (χ0v) is 26.3. The predicted octanol–water partition coefficient (Wildman–Crippen LogP) is 5.56. The number of nitrogens with one attached hydrogen (secondary N) is 2. The maximum atomic E-state index is 14.9. The Morgan fingerprint density at radius 1 is 1.02 bits per heavy atom. The van der Waals surface area contributed by atoms with Gasteiger partial charge in [-0.3, -0.25) is 24.5 Å².